The molecule has 1 aliphatic rings. The van der Waals surface area contributed by atoms with Gasteiger partial charge in [-0.3, -0.25) is 4.79 Å². The molecule has 0 amide bonds. The monoisotopic (exact) mass is 198 g/mol. The summed E-state index contributed by atoms with van der Waals surface area (Å²) in [5.41, 5.74) is -0.435. The number of Topliss-reactive ketones (excluding diaryl/α,β-unsaturated/α-hetero) is 1. The number of hydrogen-bond acceptors (Lipinski definition) is 2. The van der Waals surface area contributed by atoms with Gasteiger partial charge in [-0.15, -0.1) is 0 Å². The molecule has 0 bridgehead atoms. The Morgan fingerprint density at radius 1 is 1.14 bits per heavy atom. The Bertz CT molecular complexity index is 179. The molecule has 2 heteroatoms. The number of carbonyl (C=O) groups excluding carboxylic acids is 1. The molecule has 1 rings (SSSR count). The number of hydrogen-bond donors (Lipinski definition) is 0. The Balaban J connectivity index is 2.67. The SMILES string of the molecule is CCC(=O)C1(OC)CCCCCCC1. The summed E-state index contributed by atoms with van der Waals surface area (Å²) in [6.07, 6.45) is 8.56. The minimum atomic E-state index is -0.435. The summed E-state index contributed by atoms with van der Waals surface area (Å²) in [6, 6.07) is 0. The van der Waals surface area contributed by atoms with Crippen LogP contribution < -0.4 is 0 Å². The van der Waals surface area contributed by atoms with E-state index in [1.165, 1.54) is 19.3 Å². The van der Waals surface area contributed by atoms with Crippen LogP contribution in [0.25, 0.3) is 0 Å². The first-order valence-electron chi connectivity index (χ1n) is 5.83. The minimum Gasteiger partial charge on any atom is -0.370 e. The molecule has 0 radical (unpaired) electrons. The highest BCUT2D eigenvalue weighted by atomic mass is 16.5. The lowest BCUT2D eigenvalue weighted by atomic mass is 9.83. The zero-order valence-electron chi connectivity index (χ0n) is 9.47. The van der Waals surface area contributed by atoms with Gasteiger partial charge in [0.2, 0.25) is 0 Å². The second-order valence-corrected chi connectivity index (χ2v) is 4.24. The van der Waals surface area contributed by atoms with Crippen LogP contribution in [0.3, 0.4) is 0 Å². The molecule has 1 fully saturated rings. The quantitative estimate of drug-likeness (QED) is 0.696. The lowest BCUT2D eigenvalue weighted by Gasteiger charge is -2.32. The van der Waals surface area contributed by atoms with Gasteiger partial charge in [0.05, 0.1) is 0 Å². The molecule has 82 valence electrons. The third-order valence-electron chi connectivity index (χ3n) is 3.38. The molecular weight excluding hydrogens is 176 g/mol. The zero-order valence-corrected chi connectivity index (χ0v) is 9.47. The Kier molecular flexibility index (Phi) is 4.59. The first kappa shape index (κ1) is 11.7. The maximum absolute atomic E-state index is 11.9. The minimum absolute atomic E-state index is 0.293. The van der Waals surface area contributed by atoms with Crippen molar-refractivity contribution < 1.29 is 9.53 Å². The van der Waals surface area contributed by atoms with Crippen LogP contribution in [-0.4, -0.2) is 18.5 Å². The zero-order chi connectivity index (χ0) is 10.4. The molecule has 0 heterocycles. The lowest BCUT2D eigenvalue weighted by Crippen LogP contribution is -2.40. The fourth-order valence-electron chi connectivity index (χ4n) is 2.40. The van der Waals surface area contributed by atoms with E-state index in [1.807, 2.05) is 6.92 Å². The highest BCUT2D eigenvalue weighted by molar-refractivity contribution is 5.87. The van der Waals surface area contributed by atoms with Gasteiger partial charge in [0.25, 0.3) is 0 Å². The molecule has 0 N–H and O–H groups in total. The van der Waals surface area contributed by atoms with Gasteiger partial charge in [-0.25, -0.2) is 0 Å². The molecule has 0 unspecified atom stereocenters. The molecule has 1 aliphatic carbocycles. The second-order valence-electron chi connectivity index (χ2n) is 4.24. The van der Waals surface area contributed by atoms with Crippen LogP contribution in [0, 0.1) is 0 Å². The first-order valence-corrected chi connectivity index (χ1v) is 5.83. The van der Waals surface area contributed by atoms with E-state index in [0.29, 0.717) is 12.2 Å². The van der Waals surface area contributed by atoms with E-state index in [1.54, 1.807) is 7.11 Å². The Labute approximate surface area is 87.0 Å². The van der Waals surface area contributed by atoms with E-state index in [2.05, 4.69) is 0 Å². The topological polar surface area (TPSA) is 26.3 Å². The molecule has 0 aromatic carbocycles. The van der Waals surface area contributed by atoms with Crippen molar-refractivity contribution >= 4 is 5.78 Å². The number of rotatable bonds is 3. The van der Waals surface area contributed by atoms with Crippen molar-refractivity contribution in [2.24, 2.45) is 0 Å². The van der Waals surface area contributed by atoms with Gasteiger partial charge in [-0.2, -0.15) is 0 Å². The van der Waals surface area contributed by atoms with E-state index in [0.717, 1.165) is 25.7 Å². The fourth-order valence-corrected chi connectivity index (χ4v) is 2.40. The third-order valence-corrected chi connectivity index (χ3v) is 3.38. The van der Waals surface area contributed by atoms with E-state index in [-0.39, 0.29) is 0 Å². The molecular formula is C12H22O2. The molecule has 0 aliphatic heterocycles. The van der Waals surface area contributed by atoms with Gasteiger partial charge in [0, 0.05) is 13.5 Å². The number of carbonyl (C=O) groups is 1. The van der Waals surface area contributed by atoms with E-state index in [9.17, 15) is 4.79 Å². The summed E-state index contributed by atoms with van der Waals surface area (Å²) < 4.78 is 5.52. The van der Waals surface area contributed by atoms with Crippen LogP contribution in [0.1, 0.15) is 58.3 Å². The summed E-state index contributed by atoms with van der Waals surface area (Å²) in [7, 11) is 1.69. The summed E-state index contributed by atoms with van der Waals surface area (Å²) in [5.74, 6) is 0.293. The van der Waals surface area contributed by atoms with Crippen LogP contribution in [0.5, 0.6) is 0 Å². The van der Waals surface area contributed by atoms with Crippen LogP contribution in [0.4, 0.5) is 0 Å². The van der Waals surface area contributed by atoms with Crippen molar-refractivity contribution in [3.05, 3.63) is 0 Å². The van der Waals surface area contributed by atoms with E-state index >= 15 is 0 Å². The summed E-state index contributed by atoms with van der Waals surface area (Å²) in [6.45, 7) is 1.93. The Morgan fingerprint density at radius 3 is 2.07 bits per heavy atom. The van der Waals surface area contributed by atoms with Crippen molar-refractivity contribution in [2.75, 3.05) is 7.11 Å². The van der Waals surface area contributed by atoms with Crippen LogP contribution >= 0.6 is 0 Å². The van der Waals surface area contributed by atoms with Gasteiger partial charge in [0.15, 0.2) is 5.78 Å². The standard InChI is InChI=1S/C12H22O2/c1-3-11(13)12(14-2)9-7-5-4-6-8-10-12/h3-10H2,1-2H3. The molecule has 0 aromatic heterocycles. The number of ketones is 1. The molecule has 14 heavy (non-hydrogen) atoms. The average molecular weight is 198 g/mol. The van der Waals surface area contributed by atoms with Crippen molar-refractivity contribution in [2.45, 2.75) is 63.9 Å². The highest BCUT2D eigenvalue weighted by Crippen LogP contribution is 2.30. The molecule has 1 saturated carbocycles. The summed E-state index contributed by atoms with van der Waals surface area (Å²) >= 11 is 0. The largest absolute Gasteiger partial charge is 0.370 e. The summed E-state index contributed by atoms with van der Waals surface area (Å²) in [4.78, 5) is 11.9. The second kappa shape index (κ2) is 5.50. The van der Waals surface area contributed by atoms with Crippen LogP contribution in [-0.2, 0) is 9.53 Å². The summed E-state index contributed by atoms with van der Waals surface area (Å²) in [5, 5.41) is 0. The average Bonchev–Trinajstić information content (AvgIpc) is 2.18. The van der Waals surface area contributed by atoms with E-state index in [4.69, 9.17) is 4.74 Å². The molecule has 0 aromatic rings. The third kappa shape index (κ3) is 2.57. The predicted octanol–water partition coefficient (Wildman–Crippen LogP) is 3.10. The van der Waals surface area contributed by atoms with Crippen molar-refractivity contribution in [1.29, 1.82) is 0 Å². The molecule has 0 spiro atoms. The van der Waals surface area contributed by atoms with Crippen LogP contribution in [0.2, 0.25) is 0 Å². The molecule has 0 atom stereocenters. The first-order chi connectivity index (χ1) is 6.75. The Hall–Kier alpha value is -0.370. The maximum Gasteiger partial charge on any atom is 0.164 e. The normalized spacial score (nSPS) is 22.4. The molecule has 0 saturated heterocycles. The Morgan fingerprint density at radius 2 is 1.64 bits per heavy atom. The van der Waals surface area contributed by atoms with Crippen molar-refractivity contribution in [1.82, 2.24) is 0 Å². The van der Waals surface area contributed by atoms with E-state index < -0.39 is 5.60 Å². The number of ether oxygens (including phenoxy) is 1. The number of methoxy groups -OCH3 is 1. The van der Waals surface area contributed by atoms with Crippen molar-refractivity contribution in [3.8, 4) is 0 Å². The lowest BCUT2D eigenvalue weighted by molar-refractivity contribution is -0.143. The van der Waals surface area contributed by atoms with Crippen LogP contribution in [0.15, 0.2) is 0 Å². The van der Waals surface area contributed by atoms with Gasteiger partial charge in [-0.1, -0.05) is 39.0 Å². The van der Waals surface area contributed by atoms with Gasteiger partial charge in [0.1, 0.15) is 5.60 Å². The van der Waals surface area contributed by atoms with Gasteiger partial charge in [-0.05, 0) is 12.8 Å². The van der Waals surface area contributed by atoms with Gasteiger partial charge >= 0.3 is 0 Å². The highest BCUT2D eigenvalue weighted by Gasteiger charge is 2.36. The smallest absolute Gasteiger partial charge is 0.164 e. The van der Waals surface area contributed by atoms with Gasteiger partial charge < -0.3 is 4.74 Å². The molecule has 2 nitrogen and oxygen atoms in total. The fraction of sp³-hybridized carbons (Fsp3) is 0.917. The maximum atomic E-state index is 11.9. The predicted molar refractivity (Wildman–Crippen MR) is 57.4 cm³/mol. The van der Waals surface area contributed by atoms with Crippen molar-refractivity contribution in [3.63, 3.8) is 0 Å².